The van der Waals surface area contributed by atoms with Crippen molar-refractivity contribution in [1.29, 1.82) is 0 Å². The number of para-hydroxylation sites is 1. The maximum Gasteiger partial charge on any atom is 0.294 e. The van der Waals surface area contributed by atoms with E-state index in [2.05, 4.69) is 37.9 Å². The highest BCUT2D eigenvalue weighted by Crippen LogP contribution is 2.45. The second-order valence-electron chi connectivity index (χ2n) is 9.80. The number of fused-ring (bicyclic) bond motifs is 1. The van der Waals surface area contributed by atoms with E-state index >= 15 is 4.39 Å². The zero-order chi connectivity index (χ0) is 26.2. The zero-order valence-electron chi connectivity index (χ0n) is 20.7. The molecule has 2 aliphatic rings. The number of thioether (sulfide) groups is 1. The number of benzene rings is 2. The zero-order valence-corrected chi connectivity index (χ0v) is 21.5. The van der Waals surface area contributed by atoms with Crippen molar-refractivity contribution in [2.45, 2.75) is 52.0 Å². The first kappa shape index (κ1) is 25.9. The number of rotatable bonds is 6. The Kier molecular flexibility index (Phi) is 7.22. The number of halogens is 2. The first-order valence-electron chi connectivity index (χ1n) is 11.9. The van der Waals surface area contributed by atoms with E-state index in [0.29, 0.717) is 11.8 Å². The summed E-state index contributed by atoms with van der Waals surface area (Å²) in [6.45, 7) is 8.75. The van der Waals surface area contributed by atoms with Gasteiger partial charge in [-0.2, -0.15) is 0 Å². The maximum atomic E-state index is 15.2. The van der Waals surface area contributed by atoms with Crippen LogP contribution in [0, 0.1) is 11.6 Å². The molecule has 1 atom stereocenters. The highest BCUT2D eigenvalue weighted by molar-refractivity contribution is 8.18. The van der Waals surface area contributed by atoms with Crippen molar-refractivity contribution in [3.05, 3.63) is 64.1 Å². The van der Waals surface area contributed by atoms with E-state index in [1.807, 2.05) is 0 Å². The third kappa shape index (κ3) is 5.02. The Morgan fingerprint density at radius 1 is 1.19 bits per heavy atom. The van der Waals surface area contributed by atoms with Crippen molar-refractivity contribution in [1.82, 2.24) is 4.90 Å². The largest absolute Gasteiger partial charge is 0.366 e. The van der Waals surface area contributed by atoms with E-state index in [4.69, 9.17) is 0 Å². The average Bonchev–Trinajstić information content (AvgIpc) is 3.06. The quantitative estimate of drug-likeness (QED) is 0.470. The lowest BCUT2D eigenvalue weighted by Gasteiger charge is -2.47. The third-order valence-electron chi connectivity index (χ3n) is 6.56. The van der Waals surface area contributed by atoms with Gasteiger partial charge < -0.3 is 10.2 Å². The molecule has 2 aromatic rings. The molecule has 1 N–H and O–H groups in total. The van der Waals surface area contributed by atoms with Gasteiger partial charge in [0, 0.05) is 23.3 Å². The molecule has 0 saturated carbocycles. The van der Waals surface area contributed by atoms with Gasteiger partial charge in [0.05, 0.1) is 10.6 Å². The minimum atomic E-state index is -0.712. The number of hydrogen-bond donors (Lipinski definition) is 1. The van der Waals surface area contributed by atoms with Crippen LogP contribution in [-0.4, -0.2) is 40.6 Å². The number of carbonyl (C=O) groups excluding carboxylic acids is 3. The van der Waals surface area contributed by atoms with Gasteiger partial charge >= 0.3 is 0 Å². The lowest BCUT2D eigenvalue weighted by atomic mass is 9.79. The number of hydrogen-bond acceptors (Lipinski definition) is 5. The Labute approximate surface area is 213 Å². The Bertz CT molecular complexity index is 1260. The van der Waals surface area contributed by atoms with Gasteiger partial charge in [0.15, 0.2) is 0 Å². The van der Waals surface area contributed by atoms with Crippen LogP contribution in [0.2, 0.25) is 0 Å². The molecule has 0 spiro atoms. The van der Waals surface area contributed by atoms with Gasteiger partial charge in [-0.3, -0.25) is 19.3 Å². The average molecular weight is 514 g/mol. The Morgan fingerprint density at radius 2 is 1.92 bits per heavy atom. The van der Waals surface area contributed by atoms with Crippen LogP contribution in [0.15, 0.2) is 41.3 Å². The van der Waals surface area contributed by atoms with Crippen molar-refractivity contribution in [2.24, 2.45) is 0 Å². The summed E-state index contributed by atoms with van der Waals surface area (Å²) in [6.07, 6.45) is 3.20. The normalized spacial score (nSPS) is 20.2. The predicted molar refractivity (Wildman–Crippen MR) is 139 cm³/mol. The molecular weight excluding hydrogens is 484 g/mol. The second kappa shape index (κ2) is 10.0. The van der Waals surface area contributed by atoms with Crippen LogP contribution in [0.4, 0.5) is 25.0 Å². The third-order valence-corrected chi connectivity index (χ3v) is 7.47. The molecule has 6 nitrogen and oxygen atoms in total. The molecule has 0 aromatic heterocycles. The number of anilines is 2. The molecule has 0 bridgehead atoms. The van der Waals surface area contributed by atoms with Gasteiger partial charge in [-0.25, -0.2) is 8.78 Å². The van der Waals surface area contributed by atoms with E-state index in [1.54, 1.807) is 12.1 Å². The van der Waals surface area contributed by atoms with Crippen LogP contribution < -0.4 is 10.2 Å². The first-order chi connectivity index (χ1) is 17.0. The fourth-order valence-electron chi connectivity index (χ4n) is 4.95. The van der Waals surface area contributed by atoms with Gasteiger partial charge in [-0.15, -0.1) is 0 Å². The van der Waals surface area contributed by atoms with Gasteiger partial charge in [-0.1, -0.05) is 26.0 Å². The predicted octanol–water partition coefficient (Wildman–Crippen LogP) is 6.14. The number of imide groups is 1. The maximum absolute atomic E-state index is 15.2. The summed E-state index contributed by atoms with van der Waals surface area (Å²) in [5.41, 5.74) is 1.92. The molecule has 3 amide bonds. The lowest BCUT2D eigenvalue weighted by molar-refractivity contribution is -0.127. The Balaban J connectivity index is 1.57. The van der Waals surface area contributed by atoms with E-state index in [1.165, 1.54) is 30.3 Å². The van der Waals surface area contributed by atoms with Gasteiger partial charge in [0.1, 0.15) is 18.2 Å². The summed E-state index contributed by atoms with van der Waals surface area (Å²) in [5.74, 6) is -2.32. The van der Waals surface area contributed by atoms with Crippen LogP contribution in [0.1, 0.15) is 57.6 Å². The van der Waals surface area contributed by atoms with E-state index in [0.717, 1.165) is 35.5 Å². The van der Waals surface area contributed by atoms with E-state index in [-0.39, 0.29) is 27.6 Å². The monoisotopic (exact) mass is 513 g/mol. The molecule has 0 aliphatic carbocycles. The topological polar surface area (TPSA) is 69.7 Å². The number of carbonyl (C=O) groups is 3. The van der Waals surface area contributed by atoms with Crippen molar-refractivity contribution < 1.29 is 23.2 Å². The number of nitrogens with one attached hydrogen (secondary N) is 1. The summed E-state index contributed by atoms with van der Waals surface area (Å²) in [5, 5.41) is 1.72. The van der Waals surface area contributed by atoms with Crippen molar-refractivity contribution in [2.75, 3.05) is 23.3 Å². The van der Waals surface area contributed by atoms with Crippen LogP contribution >= 0.6 is 11.8 Å². The summed E-state index contributed by atoms with van der Waals surface area (Å²) in [4.78, 5) is 40.8. The number of nitrogens with zero attached hydrogens (tertiary/aromatic N) is 2. The first-order valence-corrected chi connectivity index (χ1v) is 12.7. The molecule has 36 heavy (non-hydrogen) atoms. The molecule has 2 aromatic carbocycles. The molecule has 1 unspecified atom stereocenters. The molecule has 190 valence electrons. The summed E-state index contributed by atoms with van der Waals surface area (Å²) in [6, 6.07) is 8.87. The van der Waals surface area contributed by atoms with Gasteiger partial charge in [-0.05, 0) is 80.3 Å². The molecule has 1 fully saturated rings. The standard InChI is InChI=1S/C27H29F2N3O3S/c1-5-10-32-22-13-20(29)17(11-18(22)16(2)14-27(32,3)4)12-23-25(34)31(26(35)36-23)15-24(33)30-21-9-7-6-8-19(21)28/h6-9,11-13,16H,5,10,14-15H2,1-4H3,(H,30,33)/b23-12+. The van der Waals surface area contributed by atoms with Crippen LogP contribution in [0.3, 0.4) is 0 Å². The Hall–Kier alpha value is -3.20. The van der Waals surface area contributed by atoms with Crippen LogP contribution in [-0.2, 0) is 9.59 Å². The van der Waals surface area contributed by atoms with Crippen LogP contribution in [0.5, 0.6) is 0 Å². The molecule has 0 radical (unpaired) electrons. The minimum absolute atomic E-state index is 0.0340. The van der Waals surface area contributed by atoms with Gasteiger partial charge in [0.2, 0.25) is 5.91 Å². The van der Waals surface area contributed by atoms with Gasteiger partial charge in [0.25, 0.3) is 11.1 Å². The van der Waals surface area contributed by atoms with E-state index < -0.39 is 35.2 Å². The molecule has 2 heterocycles. The van der Waals surface area contributed by atoms with Crippen molar-refractivity contribution >= 4 is 46.3 Å². The highest BCUT2D eigenvalue weighted by atomic mass is 32.2. The summed E-state index contributed by atoms with van der Waals surface area (Å²) >= 11 is 0.651. The highest BCUT2D eigenvalue weighted by Gasteiger charge is 2.38. The molecule has 9 heteroatoms. The fourth-order valence-corrected chi connectivity index (χ4v) is 5.78. The van der Waals surface area contributed by atoms with Crippen LogP contribution in [0.25, 0.3) is 6.08 Å². The smallest absolute Gasteiger partial charge is 0.294 e. The SMILES string of the molecule is CCCN1c2cc(F)c(/C=C3/SC(=O)N(CC(=O)Nc4ccccc4F)C3=O)cc2C(C)CC1(C)C. The summed E-state index contributed by atoms with van der Waals surface area (Å²) in [7, 11) is 0. The Morgan fingerprint density at radius 3 is 2.61 bits per heavy atom. The molecule has 2 aliphatic heterocycles. The number of amides is 3. The molecular formula is C27H29F2N3O3S. The minimum Gasteiger partial charge on any atom is -0.366 e. The van der Waals surface area contributed by atoms with E-state index in [9.17, 15) is 18.8 Å². The molecule has 1 saturated heterocycles. The fraction of sp³-hybridized carbons (Fsp3) is 0.370. The van der Waals surface area contributed by atoms with Crippen molar-refractivity contribution in [3.63, 3.8) is 0 Å². The van der Waals surface area contributed by atoms with Crippen molar-refractivity contribution in [3.8, 4) is 0 Å². The summed E-state index contributed by atoms with van der Waals surface area (Å²) < 4.78 is 29.0. The second-order valence-corrected chi connectivity index (χ2v) is 10.8. The molecule has 4 rings (SSSR count). The lowest BCUT2D eigenvalue weighted by Crippen LogP contribution is -2.48.